The molecule has 0 unspecified atom stereocenters. The van der Waals surface area contributed by atoms with Gasteiger partial charge in [-0.05, 0) is 0 Å². The van der Waals surface area contributed by atoms with Crippen LogP contribution in [0.4, 0.5) is 10.3 Å². The molecule has 0 aliphatic rings. The molecule has 7 heteroatoms. The normalized spacial score (nSPS) is 10.5. The standard InChI is InChI=1S/C10H8ClFN2O3/c1-16-9-6(15)2-5(12)8(11)7(9)4-3-14-17-10(4)13/h2-3,15H,13H2,1H3. The third-order valence-electron chi connectivity index (χ3n) is 2.22. The van der Waals surface area contributed by atoms with Gasteiger partial charge in [0.2, 0.25) is 5.88 Å². The number of aromatic nitrogens is 1. The fourth-order valence-electron chi connectivity index (χ4n) is 1.48. The van der Waals surface area contributed by atoms with Crippen molar-refractivity contribution in [3.63, 3.8) is 0 Å². The molecule has 0 radical (unpaired) electrons. The first-order valence-corrected chi connectivity index (χ1v) is 4.89. The van der Waals surface area contributed by atoms with Gasteiger partial charge in [0, 0.05) is 6.07 Å². The molecular formula is C10H8ClFN2O3. The monoisotopic (exact) mass is 258 g/mol. The molecule has 0 bridgehead atoms. The first-order chi connectivity index (χ1) is 8.06. The van der Waals surface area contributed by atoms with Gasteiger partial charge >= 0.3 is 0 Å². The lowest BCUT2D eigenvalue weighted by Crippen LogP contribution is -1.94. The summed E-state index contributed by atoms with van der Waals surface area (Å²) in [5.41, 5.74) is 5.87. The second-order valence-electron chi connectivity index (χ2n) is 3.20. The lowest BCUT2D eigenvalue weighted by molar-refractivity contribution is 0.372. The van der Waals surface area contributed by atoms with Crippen LogP contribution < -0.4 is 10.5 Å². The number of anilines is 1. The Bertz CT molecular complexity index is 571. The van der Waals surface area contributed by atoms with Crippen LogP contribution in [0, 0.1) is 5.82 Å². The van der Waals surface area contributed by atoms with Crippen LogP contribution in [0.5, 0.6) is 11.5 Å². The van der Waals surface area contributed by atoms with E-state index in [-0.39, 0.29) is 33.5 Å². The molecule has 17 heavy (non-hydrogen) atoms. The third kappa shape index (κ3) is 1.76. The van der Waals surface area contributed by atoms with E-state index in [1.54, 1.807) is 0 Å². The van der Waals surface area contributed by atoms with E-state index in [1.807, 2.05) is 0 Å². The molecule has 0 aliphatic carbocycles. The number of nitrogen functional groups attached to an aromatic ring is 1. The number of benzene rings is 1. The minimum atomic E-state index is -0.791. The summed E-state index contributed by atoms with van der Waals surface area (Å²) in [4.78, 5) is 0. The summed E-state index contributed by atoms with van der Waals surface area (Å²) >= 11 is 5.82. The summed E-state index contributed by atoms with van der Waals surface area (Å²) in [6, 6.07) is 0.856. The number of halogens is 2. The van der Waals surface area contributed by atoms with E-state index in [4.69, 9.17) is 22.1 Å². The van der Waals surface area contributed by atoms with Crippen molar-refractivity contribution in [1.82, 2.24) is 5.16 Å². The SMILES string of the molecule is COc1c(O)cc(F)c(Cl)c1-c1cnoc1N. The van der Waals surface area contributed by atoms with Crippen molar-refractivity contribution in [1.29, 1.82) is 0 Å². The number of hydrogen-bond acceptors (Lipinski definition) is 5. The van der Waals surface area contributed by atoms with Gasteiger partial charge in [-0.1, -0.05) is 16.8 Å². The maximum atomic E-state index is 13.4. The summed E-state index contributed by atoms with van der Waals surface area (Å²) < 4.78 is 23.1. The second kappa shape index (κ2) is 4.14. The van der Waals surface area contributed by atoms with E-state index in [0.717, 1.165) is 6.07 Å². The zero-order chi connectivity index (χ0) is 12.6. The number of phenolic OH excluding ortho intramolecular Hbond substituents is 1. The van der Waals surface area contributed by atoms with Crippen molar-refractivity contribution in [2.24, 2.45) is 0 Å². The van der Waals surface area contributed by atoms with Gasteiger partial charge in [-0.3, -0.25) is 0 Å². The van der Waals surface area contributed by atoms with Crippen molar-refractivity contribution in [2.75, 3.05) is 12.8 Å². The Kier molecular flexibility index (Phi) is 2.81. The summed E-state index contributed by atoms with van der Waals surface area (Å²) in [6.45, 7) is 0. The molecule has 5 nitrogen and oxygen atoms in total. The number of hydrogen-bond donors (Lipinski definition) is 2. The van der Waals surface area contributed by atoms with Crippen LogP contribution >= 0.6 is 11.6 Å². The number of ether oxygens (including phenoxy) is 1. The minimum absolute atomic E-state index is 0.00583. The number of rotatable bonds is 2. The molecule has 0 amide bonds. The largest absolute Gasteiger partial charge is 0.504 e. The molecule has 1 heterocycles. The van der Waals surface area contributed by atoms with Crippen molar-refractivity contribution in [2.45, 2.75) is 0 Å². The van der Waals surface area contributed by atoms with Crippen LogP contribution in [0.15, 0.2) is 16.8 Å². The van der Waals surface area contributed by atoms with Crippen molar-refractivity contribution < 1.29 is 18.8 Å². The molecular weight excluding hydrogens is 251 g/mol. The average molecular weight is 259 g/mol. The van der Waals surface area contributed by atoms with Gasteiger partial charge in [-0.2, -0.15) is 0 Å². The van der Waals surface area contributed by atoms with Gasteiger partial charge in [0.05, 0.1) is 29.5 Å². The summed E-state index contributed by atoms with van der Waals surface area (Å²) in [5, 5.41) is 12.8. The van der Waals surface area contributed by atoms with Gasteiger partial charge in [0.25, 0.3) is 0 Å². The van der Waals surface area contributed by atoms with E-state index in [9.17, 15) is 9.50 Å². The molecule has 0 aliphatic heterocycles. The average Bonchev–Trinajstić information content (AvgIpc) is 2.69. The molecule has 0 atom stereocenters. The summed E-state index contributed by atoms with van der Waals surface area (Å²) in [7, 11) is 1.32. The molecule has 0 fully saturated rings. The fraction of sp³-hybridized carbons (Fsp3) is 0.100. The lowest BCUT2D eigenvalue weighted by atomic mass is 10.1. The smallest absolute Gasteiger partial charge is 0.230 e. The Labute approximate surface area is 101 Å². The zero-order valence-corrected chi connectivity index (χ0v) is 9.45. The van der Waals surface area contributed by atoms with E-state index < -0.39 is 5.82 Å². The van der Waals surface area contributed by atoms with Crippen LogP contribution in [0.3, 0.4) is 0 Å². The van der Waals surface area contributed by atoms with Gasteiger partial charge < -0.3 is 20.1 Å². The van der Waals surface area contributed by atoms with Crippen molar-refractivity contribution in [3.05, 3.63) is 23.1 Å². The molecule has 1 aromatic heterocycles. The molecule has 2 aromatic rings. The Morgan fingerprint density at radius 2 is 2.29 bits per heavy atom. The first kappa shape index (κ1) is 11.5. The Morgan fingerprint density at radius 1 is 1.59 bits per heavy atom. The molecule has 3 N–H and O–H groups in total. The van der Waals surface area contributed by atoms with E-state index in [1.165, 1.54) is 13.3 Å². The summed E-state index contributed by atoms with van der Waals surface area (Å²) in [6.07, 6.45) is 1.26. The molecule has 90 valence electrons. The van der Waals surface area contributed by atoms with Crippen LogP contribution in [0.1, 0.15) is 0 Å². The lowest BCUT2D eigenvalue weighted by Gasteiger charge is -2.11. The van der Waals surface area contributed by atoms with Crippen LogP contribution in [-0.4, -0.2) is 17.4 Å². The maximum Gasteiger partial charge on any atom is 0.230 e. The molecule has 0 saturated carbocycles. The van der Waals surface area contributed by atoms with Crippen LogP contribution in [-0.2, 0) is 0 Å². The van der Waals surface area contributed by atoms with Gasteiger partial charge in [0.15, 0.2) is 11.5 Å². The number of nitrogens with zero attached hydrogens (tertiary/aromatic N) is 1. The molecule has 0 spiro atoms. The van der Waals surface area contributed by atoms with Gasteiger partial charge in [0.1, 0.15) is 5.82 Å². The number of phenols is 1. The van der Waals surface area contributed by atoms with E-state index in [2.05, 4.69) is 9.68 Å². The van der Waals surface area contributed by atoms with Gasteiger partial charge in [-0.25, -0.2) is 4.39 Å². The highest BCUT2D eigenvalue weighted by Gasteiger charge is 2.22. The highest BCUT2D eigenvalue weighted by molar-refractivity contribution is 6.34. The van der Waals surface area contributed by atoms with Crippen molar-refractivity contribution in [3.8, 4) is 22.6 Å². The maximum absolute atomic E-state index is 13.4. The topological polar surface area (TPSA) is 81.5 Å². The van der Waals surface area contributed by atoms with Crippen molar-refractivity contribution >= 4 is 17.5 Å². The molecule has 2 rings (SSSR count). The Balaban J connectivity index is 2.80. The zero-order valence-electron chi connectivity index (χ0n) is 8.70. The number of aromatic hydroxyl groups is 1. The van der Waals surface area contributed by atoms with E-state index >= 15 is 0 Å². The van der Waals surface area contributed by atoms with Gasteiger partial charge in [-0.15, -0.1) is 0 Å². The second-order valence-corrected chi connectivity index (χ2v) is 3.58. The first-order valence-electron chi connectivity index (χ1n) is 4.51. The van der Waals surface area contributed by atoms with Crippen LogP contribution in [0.2, 0.25) is 5.02 Å². The van der Waals surface area contributed by atoms with Crippen LogP contribution in [0.25, 0.3) is 11.1 Å². The number of nitrogens with two attached hydrogens (primary N) is 1. The number of methoxy groups -OCH3 is 1. The Hall–Kier alpha value is -1.95. The fourth-order valence-corrected chi connectivity index (χ4v) is 1.72. The molecule has 0 saturated heterocycles. The predicted octanol–water partition coefficient (Wildman–Crippen LogP) is 2.43. The third-order valence-corrected chi connectivity index (χ3v) is 2.59. The Morgan fingerprint density at radius 3 is 2.82 bits per heavy atom. The minimum Gasteiger partial charge on any atom is -0.504 e. The highest BCUT2D eigenvalue weighted by atomic mass is 35.5. The quantitative estimate of drug-likeness (QED) is 0.865. The highest BCUT2D eigenvalue weighted by Crippen LogP contribution is 2.45. The predicted molar refractivity (Wildman–Crippen MR) is 59.5 cm³/mol. The van der Waals surface area contributed by atoms with E-state index in [0.29, 0.717) is 0 Å². The molecule has 1 aromatic carbocycles. The summed E-state index contributed by atoms with van der Waals surface area (Å²) in [5.74, 6) is -1.22.